The summed E-state index contributed by atoms with van der Waals surface area (Å²) in [4.78, 5) is 35.7. The highest BCUT2D eigenvalue weighted by atomic mass is 16.5. The highest BCUT2D eigenvalue weighted by molar-refractivity contribution is 6.05. The summed E-state index contributed by atoms with van der Waals surface area (Å²) in [5, 5.41) is 13.9. The Hall–Kier alpha value is -3.55. The van der Waals surface area contributed by atoms with Gasteiger partial charge in [0.1, 0.15) is 17.2 Å². The summed E-state index contributed by atoms with van der Waals surface area (Å²) in [6.07, 6.45) is 3.08. The van der Waals surface area contributed by atoms with E-state index in [-0.39, 0.29) is 25.1 Å². The molecule has 0 aliphatic carbocycles. The van der Waals surface area contributed by atoms with Crippen molar-refractivity contribution in [1.29, 1.82) is 0 Å². The van der Waals surface area contributed by atoms with Crippen LogP contribution in [0.15, 0.2) is 52.8 Å². The molecule has 160 valence electrons. The van der Waals surface area contributed by atoms with Crippen molar-refractivity contribution >= 4 is 23.9 Å². The highest BCUT2D eigenvalue weighted by Crippen LogP contribution is 2.14. The van der Waals surface area contributed by atoms with Gasteiger partial charge >= 0.3 is 5.97 Å². The Morgan fingerprint density at radius 3 is 2.50 bits per heavy atom. The zero-order chi connectivity index (χ0) is 21.9. The lowest BCUT2D eigenvalue weighted by atomic mass is 10.2. The minimum Gasteiger partial charge on any atom is -0.493 e. The molecule has 2 amide bonds. The molecule has 0 aliphatic rings. The topological polar surface area (TPSA) is 118 Å². The number of carboxylic acids is 1. The maximum Gasteiger partial charge on any atom is 0.303 e. The SMILES string of the molecule is CC(C)COc1ccc(C(=O)N/C(=C/c2ccco2)C(=O)NCCCC(=O)O)cc1. The summed E-state index contributed by atoms with van der Waals surface area (Å²) in [5.74, 6) is -0.516. The van der Waals surface area contributed by atoms with Gasteiger partial charge in [-0.05, 0) is 48.7 Å². The number of rotatable bonds is 11. The maximum atomic E-state index is 12.6. The molecule has 0 atom stereocenters. The summed E-state index contributed by atoms with van der Waals surface area (Å²) in [6, 6.07) is 9.91. The zero-order valence-corrected chi connectivity index (χ0v) is 17.0. The first-order valence-corrected chi connectivity index (χ1v) is 9.64. The monoisotopic (exact) mass is 414 g/mol. The van der Waals surface area contributed by atoms with Crippen LogP contribution in [0.4, 0.5) is 0 Å². The molecule has 2 aromatic rings. The Balaban J connectivity index is 2.04. The van der Waals surface area contributed by atoms with Gasteiger partial charge in [0.15, 0.2) is 0 Å². The number of nitrogens with one attached hydrogen (secondary N) is 2. The number of hydrogen-bond donors (Lipinski definition) is 3. The number of aliphatic carboxylic acids is 1. The molecule has 8 heteroatoms. The first kappa shape index (κ1) is 22.7. The second-order valence-corrected chi connectivity index (χ2v) is 7.01. The fourth-order valence-corrected chi connectivity index (χ4v) is 2.37. The lowest BCUT2D eigenvalue weighted by molar-refractivity contribution is -0.137. The van der Waals surface area contributed by atoms with Gasteiger partial charge in [0.05, 0.1) is 12.9 Å². The third kappa shape index (κ3) is 7.83. The number of carbonyl (C=O) groups is 3. The minimum atomic E-state index is -0.940. The summed E-state index contributed by atoms with van der Waals surface area (Å²) >= 11 is 0. The van der Waals surface area contributed by atoms with Crippen LogP contribution in [-0.2, 0) is 9.59 Å². The van der Waals surface area contributed by atoms with Gasteiger partial charge in [0, 0.05) is 24.6 Å². The average Bonchev–Trinajstić information content (AvgIpc) is 3.22. The van der Waals surface area contributed by atoms with Gasteiger partial charge in [-0.3, -0.25) is 14.4 Å². The lowest BCUT2D eigenvalue weighted by Crippen LogP contribution is -2.35. The van der Waals surface area contributed by atoms with Crippen LogP contribution in [0, 0.1) is 5.92 Å². The fraction of sp³-hybridized carbons (Fsp3) is 0.318. The molecular formula is C22H26N2O6. The molecular weight excluding hydrogens is 388 g/mol. The molecule has 1 heterocycles. The van der Waals surface area contributed by atoms with Crippen LogP contribution in [0.2, 0.25) is 0 Å². The Bertz CT molecular complexity index is 870. The van der Waals surface area contributed by atoms with E-state index in [0.717, 1.165) is 0 Å². The lowest BCUT2D eigenvalue weighted by Gasteiger charge is -2.11. The summed E-state index contributed by atoms with van der Waals surface area (Å²) in [6.45, 7) is 4.82. The molecule has 1 aromatic heterocycles. The predicted molar refractivity (Wildman–Crippen MR) is 111 cm³/mol. The van der Waals surface area contributed by atoms with Crippen molar-refractivity contribution in [3.63, 3.8) is 0 Å². The van der Waals surface area contributed by atoms with Crippen LogP contribution in [0.5, 0.6) is 5.75 Å². The van der Waals surface area contributed by atoms with E-state index in [1.165, 1.54) is 12.3 Å². The second kappa shape index (κ2) is 11.5. The third-order valence-electron chi connectivity index (χ3n) is 3.88. The van der Waals surface area contributed by atoms with E-state index in [0.29, 0.717) is 29.6 Å². The maximum absolute atomic E-state index is 12.6. The van der Waals surface area contributed by atoms with Gasteiger partial charge in [0.2, 0.25) is 0 Å². The number of amides is 2. The van der Waals surface area contributed by atoms with Crippen molar-refractivity contribution in [3.8, 4) is 5.75 Å². The molecule has 0 saturated carbocycles. The van der Waals surface area contributed by atoms with Crippen molar-refractivity contribution in [2.24, 2.45) is 5.92 Å². The highest BCUT2D eigenvalue weighted by Gasteiger charge is 2.15. The first-order chi connectivity index (χ1) is 14.3. The molecule has 0 aliphatic heterocycles. The summed E-state index contributed by atoms with van der Waals surface area (Å²) in [7, 11) is 0. The molecule has 0 spiro atoms. The molecule has 0 radical (unpaired) electrons. The Labute approximate surface area is 174 Å². The number of hydrogen-bond acceptors (Lipinski definition) is 5. The smallest absolute Gasteiger partial charge is 0.303 e. The fourth-order valence-electron chi connectivity index (χ4n) is 2.37. The van der Waals surface area contributed by atoms with Gasteiger partial charge < -0.3 is 24.9 Å². The Morgan fingerprint density at radius 2 is 1.90 bits per heavy atom. The van der Waals surface area contributed by atoms with Gasteiger partial charge in [-0.2, -0.15) is 0 Å². The number of benzene rings is 1. The molecule has 0 unspecified atom stereocenters. The number of furan rings is 1. The van der Waals surface area contributed by atoms with Crippen molar-refractivity contribution < 1.29 is 28.6 Å². The van der Waals surface area contributed by atoms with Crippen LogP contribution in [0.25, 0.3) is 6.08 Å². The standard InChI is InChI=1S/C22H26N2O6/c1-15(2)14-30-17-9-7-16(8-10-17)21(27)24-19(13-18-5-4-12-29-18)22(28)23-11-3-6-20(25)26/h4-5,7-10,12-13,15H,3,6,11,14H2,1-2H3,(H,23,28)(H,24,27)(H,25,26)/b19-13+. The van der Waals surface area contributed by atoms with E-state index >= 15 is 0 Å². The van der Waals surface area contributed by atoms with E-state index in [2.05, 4.69) is 10.6 Å². The number of carbonyl (C=O) groups excluding carboxylic acids is 2. The summed E-state index contributed by atoms with van der Waals surface area (Å²) < 4.78 is 10.8. The van der Waals surface area contributed by atoms with E-state index < -0.39 is 17.8 Å². The second-order valence-electron chi connectivity index (χ2n) is 7.01. The normalized spacial score (nSPS) is 11.2. The minimum absolute atomic E-state index is 0.00888. The largest absolute Gasteiger partial charge is 0.493 e. The quantitative estimate of drug-likeness (QED) is 0.384. The van der Waals surface area contributed by atoms with Gasteiger partial charge in [0.25, 0.3) is 11.8 Å². The van der Waals surface area contributed by atoms with Crippen molar-refractivity contribution in [1.82, 2.24) is 10.6 Å². The van der Waals surface area contributed by atoms with Crippen LogP contribution in [0.3, 0.4) is 0 Å². The van der Waals surface area contributed by atoms with Gasteiger partial charge in [-0.25, -0.2) is 0 Å². The molecule has 1 aromatic carbocycles. The predicted octanol–water partition coefficient (Wildman–Crippen LogP) is 3.07. The molecule has 0 saturated heterocycles. The van der Waals surface area contributed by atoms with Crippen molar-refractivity contribution in [2.45, 2.75) is 26.7 Å². The number of ether oxygens (including phenoxy) is 1. The first-order valence-electron chi connectivity index (χ1n) is 9.64. The summed E-state index contributed by atoms with van der Waals surface area (Å²) in [5.41, 5.74) is 0.348. The zero-order valence-electron chi connectivity index (χ0n) is 17.0. The van der Waals surface area contributed by atoms with Crippen molar-refractivity contribution in [2.75, 3.05) is 13.2 Å². The van der Waals surface area contributed by atoms with Gasteiger partial charge in [-0.15, -0.1) is 0 Å². The van der Waals surface area contributed by atoms with Crippen LogP contribution < -0.4 is 15.4 Å². The van der Waals surface area contributed by atoms with Crippen molar-refractivity contribution in [3.05, 3.63) is 59.7 Å². The third-order valence-corrected chi connectivity index (χ3v) is 3.88. The van der Waals surface area contributed by atoms with E-state index in [4.69, 9.17) is 14.3 Å². The van der Waals surface area contributed by atoms with E-state index in [1.54, 1.807) is 36.4 Å². The van der Waals surface area contributed by atoms with Gasteiger partial charge in [-0.1, -0.05) is 13.8 Å². The van der Waals surface area contributed by atoms with Crippen LogP contribution in [-0.4, -0.2) is 36.0 Å². The molecule has 3 N–H and O–H groups in total. The van der Waals surface area contributed by atoms with Crippen LogP contribution in [0.1, 0.15) is 42.8 Å². The Kier molecular flexibility index (Phi) is 8.68. The molecule has 2 rings (SSSR count). The molecule has 0 bridgehead atoms. The molecule has 0 fully saturated rings. The number of carboxylic acid groups (broad SMARTS) is 1. The Morgan fingerprint density at radius 1 is 1.17 bits per heavy atom. The molecule has 8 nitrogen and oxygen atoms in total. The molecule has 30 heavy (non-hydrogen) atoms. The van der Waals surface area contributed by atoms with E-state index in [1.807, 2.05) is 13.8 Å². The van der Waals surface area contributed by atoms with Crippen LogP contribution >= 0.6 is 0 Å². The average molecular weight is 414 g/mol. The van der Waals surface area contributed by atoms with E-state index in [9.17, 15) is 14.4 Å².